The fourth-order valence-electron chi connectivity index (χ4n) is 2.65. The molecule has 0 radical (unpaired) electrons. The Kier molecular flexibility index (Phi) is 8.64. The molecule has 1 heterocycles. The minimum Gasteiger partial charge on any atom is -0.382 e. The van der Waals surface area contributed by atoms with Crippen LogP contribution in [0.15, 0.2) is 0 Å². The Labute approximate surface area is 113 Å². The SMILES string of the molecule is CCOCCCNCCN1CCC(C(C)C)CC1. The van der Waals surface area contributed by atoms with Gasteiger partial charge in [-0.05, 0) is 57.7 Å². The molecule has 0 aromatic heterocycles. The number of hydrogen-bond donors (Lipinski definition) is 1. The Balaban J connectivity index is 1.91. The summed E-state index contributed by atoms with van der Waals surface area (Å²) in [5, 5.41) is 3.50. The maximum Gasteiger partial charge on any atom is 0.0477 e. The van der Waals surface area contributed by atoms with E-state index in [0.717, 1.165) is 44.6 Å². The molecule has 0 spiro atoms. The van der Waals surface area contributed by atoms with Crippen LogP contribution in [0.4, 0.5) is 0 Å². The highest BCUT2D eigenvalue weighted by Crippen LogP contribution is 2.23. The lowest BCUT2D eigenvalue weighted by atomic mass is 9.87. The summed E-state index contributed by atoms with van der Waals surface area (Å²) in [6, 6.07) is 0. The third-order valence-corrected chi connectivity index (χ3v) is 4.03. The van der Waals surface area contributed by atoms with E-state index in [1.165, 1.54) is 32.5 Å². The molecule has 0 bridgehead atoms. The Hall–Kier alpha value is -0.120. The smallest absolute Gasteiger partial charge is 0.0477 e. The normalized spacial score (nSPS) is 18.7. The highest BCUT2D eigenvalue weighted by molar-refractivity contribution is 4.74. The van der Waals surface area contributed by atoms with Crippen LogP contribution in [0.1, 0.15) is 40.0 Å². The molecule has 1 aliphatic rings. The van der Waals surface area contributed by atoms with Crippen molar-refractivity contribution >= 4 is 0 Å². The van der Waals surface area contributed by atoms with Crippen molar-refractivity contribution in [2.24, 2.45) is 11.8 Å². The second-order valence-electron chi connectivity index (χ2n) is 5.72. The van der Waals surface area contributed by atoms with Crippen molar-refractivity contribution in [2.45, 2.75) is 40.0 Å². The van der Waals surface area contributed by atoms with Gasteiger partial charge in [0.05, 0.1) is 0 Å². The van der Waals surface area contributed by atoms with Gasteiger partial charge in [0.2, 0.25) is 0 Å². The maximum atomic E-state index is 5.31. The Morgan fingerprint density at radius 2 is 1.94 bits per heavy atom. The molecule has 18 heavy (non-hydrogen) atoms. The summed E-state index contributed by atoms with van der Waals surface area (Å²) in [4.78, 5) is 2.61. The summed E-state index contributed by atoms with van der Waals surface area (Å²) in [5.41, 5.74) is 0. The molecule has 3 heteroatoms. The fraction of sp³-hybridized carbons (Fsp3) is 1.00. The van der Waals surface area contributed by atoms with Gasteiger partial charge in [-0.15, -0.1) is 0 Å². The first-order valence-corrected chi connectivity index (χ1v) is 7.74. The Morgan fingerprint density at radius 3 is 2.56 bits per heavy atom. The van der Waals surface area contributed by atoms with Crippen molar-refractivity contribution in [2.75, 3.05) is 45.9 Å². The van der Waals surface area contributed by atoms with E-state index in [-0.39, 0.29) is 0 Å². The number of rotatable bonds is 9. The van der Waals surface area contributed by atoms with Crippen molar-refractivity contribution in [3.8, 4) is 0 Å². The van der Waals surface area contributed by atoms with Crippen LogP contribution in [0, 0.1) is 11.8 Å². The van der Waals surface area contributed by atoms with E-state index in [1.807, 2.05) is 6.92 Å². The fourth-order valence-corrected chi connectivity index (χ4v) is 2.65. The van der Waals surface area contributed by atoms with Gasteiger partial charge in [-0.25, -0.2) is 0 Å². The molecular weight excluding hydrogens is 224 g/mol. The van der Waals surface area contributed by atoms with Crippen LogP contribution in [-0.4, -0.2) is 50.8 Å². The third-order valence-electron chi connectivity index (χ3n) is 4.03. The minimum atomic E-state index is 0.838. The Bertz CT molecular complexity index is 189. The summed E-state index contributed by atoms with van der Waals surface area (Å²) >= 11 is 0. The van der Waals surface area contributed by atoms with Crippen molar-refractivity contribution in [1.82, 2.24) is 10.2 Å². The van der Waals surface area contributed by atoms with Crippen molar-refractivity contribution < 1.29 is 4.74 Å². The van der Waals surface area contributed by atoms with Gasteiger partial charge < -0.3 is 15.0 Å². The first-order valence-electron chi connectivity index (χ1n) is 7.74. The molecular formula is C15H32N2O. The molecule has 1 aliphatic heterocycles. The molecule has 0 amide bonds. The molecule has 0 unspecified atom stereocenters. The van der Waals surface area contributed by atoms with Gasteiger partial charge in [-0.2, -0.15) is 0 Å². The van der Waals surface area contributed by atoms with E-state index in [0.29, 0.717) is 0 Å². The van der Waals surface area contributed by atoms with Gasteiger partial charge in [-0.3, -0.25) is 0 Å². The Morgan fingerprint density at radius 1 is 1.22 bits per heavy atom. The van der Waals surface area contributed by atoms with Gasteiger partial charge in [-0.1, -0.05) is 13.8 Å². The molecule has 0 aromatic rings. The standard InChI is InChI=1S/C15H32N2O/c1-4-18-13-5-8-16-9-12-17-10-6-15(7-11-17)14(2)3/h14-16H,4-13H2,1-3H3. The number of piperidine rings is 1. The molecule has 0 atom stereocenters. The van der Waals surface area contributed by atoms with E-state index >= 15 is 0 Å². The molecule has 0 aliphatic carbocycles. The molecule has 1 saturated heterocycles. The maximum absolute atomic E-state index is 5.31. The van der Waals surface area contributed by atoms with E-state index in [2.05, 4.69) is 24.1 Å². The predicted octanol–water partition coefficient (Wildman–Crippen LogP) is 2.37. The molecule has 1 fully saturated rings. The van der Waals surface area contributed by atoms with Gasteiger partial charge in [0.25, 0.3) is 0 Å². The lowest BCUT2D eigenvalue weighted by Gasteiger charge is -2.33. The monoisotopic (exact) mass is 256 g/mol. The van der Waals surface area contributed by atoms with Gasteiger partial charge >= 0.3 is 0 Å². The summed E-state index contributed by atoms with van der Waals surface area (Å²) in [5.74, 6) is 1.82. The lowest BCUT2D eigenvalue weighted by Crippen LogP contribution is -2.39. The quantitative estimate of drug-likeness (QED) is 0.641. The minimum absolute atomic E-state index is 0.838. The van der Waals surface area contributed by atoms with Crippen LogP contribution in [-0.2, 0) is 4.74 Å². The van der Waals surface area contributed by atoms with Crippen LogP contribution in [0.25, 0.3) is 0 Å². The van der Waals surface area contributed by atoms with Crippen LogP contribution < -0.4 is 5.32 Å². The zero-order chi connectivity index (χ0) is 13.2. The molecule has 1 N–H and O–H groups in total. The van der Waals surface area contributed by atoms with Gasteiger partial charge in [0.15, 0.2) is 0 Å². The number of nitrogens with zero attached hydrogens (tertiary/aromatic N) is 1. The zero-order valence-corrected chi connectivity index (χ0v) is 12.6. The second-order valence-corrected chi connectivity index (χ2v) is 5.72. The summed E-state index contributed by atoms with van der Waals surface area (Å²) in [6.45, 7) is 14.5. The van der Waals surface area contributed by atoms with Crippen molar-refractivity contribution in [3.63, 3.8) is 0 Å². The van der Waals surface area contributed by atoms with E-state index in [1.54, 1.807) is 0 Å². The average molecular weight is 256 g/mol. The highest BCUT2D eigenvalue weighted by atomic mass is 16.5. The largest absolute Gasteiger partial charge is 0.382 e. The van der Waals surface area contributed by atoms with Crippen LogP contribution in [0.5, 0.6) is 0 Å². The number of ether oxygens (including phenoxy) is 1. The number of hydrogen-bond acceptors (Lipinski definition) is 3. The van der Waals surface area contributed by atoms with Gasteiger partial charge in [0, 0.05) is 26.3 Å². The van der Waals surface area contributed by atoms with E-state index in [4.69, 9.17) is 4.74 Å². The predicted molar refractivity (Wildman–Crippen MR) is 78.0 cm³/mol. The lowest BCUT2D eigenvalue weighted by molar-refractivity contribution is 0.142. The first-order chi connectivity index (χ1) is 8.74. The topological polar surface area (TPSA) is 24.5 Å². The van der Waals surface area contributed by atoms with Crippen molar-refractivity contribution in [3.05, 3.63) is 0 Å². The summed E-state index contributed by atoms with van der Waals surface area (Å²) < 4.78 is 5.31. The van der Waals surface area contributed by atoms with E-state index in [9.17, 15) is 0 Å². The third kappa shape index (κ3) is 6.72. The van der Waals surface area contributed by atoms with Crippen LogP contribution in [0.3, 0.4) is 0 Å². The van der Waals surface area contributed by atoms with Gasteiger partial charge in [0.1, 0.15) is 0 Å². The van der Waals surface area contributed by atoms with Crippen LogP contribution in [0.2, 0.25) is 0 Å². The first kappa shape index (κ1) is 15.9. The number of likely N-dealkylation sites (tertiary alicyclic amines) is 1. The molecule has 0 saturated carbocycles. The highest BCUT2D eigenvalue weighted by Gasteiger charge is 2.20. The van der Waals surface area contributed by atoms with Crippen molar-refractivity contribution in [1.29, 1.82) is 0 Å². The molecule has 3 nitrogen and oxygen atoms in total. The zero-order valence-electron chi connectivity index (χ0n) is 12.6. The van der Waals surface area contributed by atoms with E-state index < -0.39 is 0 Å². The number of nitrogens with one attached hydrogen (secondary N) is 1. The van der Waals surface area contributed by atoms with Crippen LogP contribution >= 0.6 is 0 Å². The second kappa shape index (κ2) is 9.76. The summed E-state index contributed by atoms with van der Waals surface area (Å²) in [7, 11) is 0. The average Bonchev–Trinajstić information content (AvgIpc) is 2.38. The molecule has 108 valence electrons. The molecule has 1 rings (SSSR count). The summed E-state index contributed by atoms with van der Waals surface area (Å²) in [6.07, 6.45) is 3.91. The molecule has 0 aromatic carbocycles.